The third-order valence-electron chi connectivity index (χ3n) is 5.63. The Kier molecular flexibility index (Phi) is 6.20. The van der Waals surface area contributed by atoms with Crippen molar-refractivity contribution in [3.63, 3.8) is 0 Å². The van der Waals surface area contributed by atoms with Gasteiger partial charge in [0, 0.05) is 13.0 Å². The summed E-state index contributed by atoms with van der Waals surface area (Å²) in [6, 6.07) is 14.2. The molecule has 6 nitrogen and oxygen atoms in total. The second-order valence-electron chi connectivity index (χ2n) is 7.53. The number of methoxy groups -OCH3 is 1. The molecule has 1 amide bonds. The van der Waals surface area contributed by atoms with Crippen LogP contribution < -0.4 is 19.5 Å². The molecular weight excluding hydrogens is 368 g/mol. The van der Waals surface area contributed by atoms with Gasteiger partial charge < -0.3 is 19.5 Å². The zero-order valence-electron chi connectivity index (χ0n) is 16.9. The number of benzene rings is 2. The molecule has 0 radical (unpaired) electrons. The Morgan fingerprint density at radius 2 is 1.97 bits per heavy atom. The van der Waals surface area contributed by atoms with Gasteiger partial charge >= 0.3 is 0 Å². The number of hydrogen-bond donors (Lipinski definition) is 1. The molecule has 1 fully saturated rings. The SMILES string of the molecule is COc1cccc(C(CNC(=O)CCc2ccc3c(c2)OCO3)N2CCCC2)c1. The van der Waals surface area contributed by atoms with Crippen LogP contribution in [0.2, 0.25) is 0 Å². The van der Waals surface area contributed by atoms with Gasteiger partial charge in [0.2, 0.25) is 12.7 Å². The molecule has 1 atom stereocenters. The summed E-state index contributed by atoms with van der Waals surface area (Å²) in [6.45, 7) is 3.00. The highest BCUT2D eigenvalue weighted by Crippen LogP contribution is 2.33. The molecule has 0 aromatic heterocycles. The van der Waals surface area contributed by atoms with E-state index in [0.717, 1.165) is 35.9 Å². The van der Waals surface area contributed by atoms with Crippen LogP contribution in [0.4, 0.5) is 0 Å². The van der Waals surface area contributed by atoms with Crippen LogP contribution in [-0.4, -0.2) is 44.3 Å². The molecule has 1 saturated heterocycles. The molecule has 29 heavy (non-hydrogen) atoms. The first-order valence-electron chi connectivity index (χ1n) is 10.3. The lowest BCUT2D eigenvalue weighted by Gasteiger charge is -2.28. The third-order valence-corrected chi connectivity index (χ3v) is 5.63. The molecule has 2 heterocycles. The van der Waals surface area contributed by atoms with Crippen LogP contribution >= 0.6 is 0 Å². The van der Waals surface area contributed by atoms with Gasteiger partial charge in [0.1, 0.15) is 5.75 Å². The van der Waals surface area contributed by atoms with Gasteiger partial charge in [-0.1, -0.05) is 18.2 Å². The van der Waals surface area contributed by atoms with E-state index < -0.39 is 0 Å². The van der Waals surface area contributed by atoms with Gasteiger partial charge in [-0.25, -0.2) is 0 Å². The largest absolute Gasteiger partial charge is 0.497 e. The van der Waals surface area contributed by atoms with Crippen molar-refractivity contribution in [1.29, 1.82) is 0 Å². The minimum Gasteiger partial charge on any atom is -0.497 e. The van der Waals surface area contributed by atoms with E-state index in [4.69, 9.17) is 14.2 Å². The zero-order valence-corrected chi connectivity index (χ0v) is 16.9. The fourth-order valence-electron chi connectivity index (χ4n) is 4.01. The lowest BCUT2D eigenvalue weighted by Crippen LogP contribution is -2.36. The van der Waals surface area contributed by atoms with E-state index in [1.54, 1.807) is 7.11 Å². The van der Waals surface area contributed by atoms with E-state index in [-0.39, 0.29) is 18.7 Å². The normalized spacial score (nSPS) is 16.6. The summed E-state index contributed by atoms with van der Waals surface area (Å²) in [7, 11) is 1.68. The minimum absolute atomic E-state index is 0.0646. The monoisotopic (exact) mass is 396 g/mol. The van der Waals surface area contributed by atoms with Gasteiger partial charge in [0.05, 0.1) is 13.2 Å². The Labute approximate surface area is 171 Å². The van der Waals surface area contributed by atoms with Crippen LogP contribution in [0.25, 0.3) is 0 Å². The van der Waals surface area contributed by atoms with Crippen LogP contribution in [0.5, 0.6) is 17.2 Å². The molecule has 0 spiro atoms. The molecule has 154 valence electrons. The van der Waals surface area contributed by atoms with Gasteiger partial charge in [-0.15, -0.1) is 0 Å². The highest BCUT2D eigenvalue weighted by molar-refractivity contribution is 5.76. The Morgan fingerprint density at radius 3 is 2.79 bits per heavy atom. The number of amides is 1. The van der Waals surface area contributed by atoms with E-state index in [2.05, 4.69) is 22.3 Å². The van der Waals surface area contributed by atoms with Gasteiger partial charge in [-0.05, 0) is 67.7 Å². The molecule has 0 aliphatic carbocycles. The number of nitrogens with one attached hydrogen (secondary N) is 1. The van der Waals surface area contributed by atoms with Crippen LogP contribution in [0.3, 0.4) is 0 Å². The van der Waals surface area contributed by atoms with Crippen LogP contribution in [0.1, 0.15) is 36.4 Å². The average Bonchev–Trinajstić information content (AvgIpc) is 3.44. The number of rotatable bonds is 8. The number of carbonyl (C=O) groups is 1. The Morgan fingerprint density at radius 1 is 1.14 bits per heavy atom. The van der Waals surface area contributed by atoms with Gasteiger partial charge in [-0.2, -0.15) is 0 Å². The van der Waals surface area contributed by atoms with E-state index in [1.165, 1.54) is 18.4 Å². The van der Waals surface area contributed by atoms with E-state index >= 15 is 0 Å². The lowest BCUT2D eigenvalue weighted by molar-refractivity contribution is -0.121. The van der Waals surface area contributed by atoms with Crippen molar-refractivity contribution in [2.75, 3.05) is 33.5 Å². The topological polar surface area (TPSA) is 60.0 Å². The van der Waals surface area contributed by atoms with Crippen LogP contribution in [0.15, 0.2) is 42.5 Å². The molecule has 4 rings (SSSR count). The summed E-state index contributed by atoms with van der Waals surface area (Å²) in [5, 5.41) is 3.14. The second kappa shape index (κ2) is 9.18. The molecule has 1 N–H and O–H groups in total. The van der Waals surface area contributed by atoms with Gasteiger partial charge in [0.15, 0.2) is 11.5 Å². The average molecular weight is 396 g/mol. The fourth-order valence-corrected chi connectivity index (χ4v) is 4.01. The minimum atomic E-state index is 0.0646. The summed E-state index contributed by atoms with van der Waals surface area (Å²) in [5.41, 5.74) is 2.26. The maximum absolute atomic E-state index is 12.5. The van der Waals surface area contributed by atoms with Crippen LogP contribution in [-0.2, 0) is 11.2 Å². The lowest BCUT2D eigenvalue weighted by atomic mass is 10.0. The highest BCUT2D eigenvalue weighted by atomic mass is 16.7. The van der Waals surface area contributed by atoms with E-state index in [0.29, 0.717) is 19.4 Å². The molecule has 2 aromatic rings. The standard InChI is InChI=1S/C23H28N2O4/c1-27-19-6-4-5-18(14-19)20(25-11-2-3-12-25)15-24-23(26)10-8-17-7-9-21-22(13-17)29-16-28-21/h4-7,9,13-14,20H,2-3,8,10-12,15-16H2,1H3,(H,24,26). The number of aryl methyl sites for hydroxylation is 1. The number of ether oxygens (including phenoxy) is 3. The Bertz CT molecular complexity index is 849. The summed E-state index contributed by atoms with van der Waals surface area (Å²) in [5.74, 6) is 2.44. The summed E-state index contributed by atoms with van der Waals surface area (Å²) < 4.78 is 16.1. The first-order chi connectivity index (χ1) is 14.2. The fraction of sp³-hybridized carbons (Fsp3) is 0.435. The third kappa shape index (κ3) is 4.82. The molecule has 0 saturated carbocycles. The summed E-state index contributed by atoms with van der Waals surface area (Å²) in [4.78, 5) is 15.0. The zero-order chi connectivity index (χ0) is 20.1. The maximum atomic E-state index is 12.5. The molecule has 2 aliphatic heterocycles. The number of likely N-dealkylation sites (tertiary alicyclic amines) is 1. The number of hydrogen-bond acceptors (Lipinski definition) is 5. The predicted octanol–water partition coefficient (Wildman–Crippen LogP) is 3.31. The summed E-state index contributed by atoms with van der Waals surface area (Å²) in [6.07, 6.45) is 3.54. The quantitative estimate of drug-likeness (QED) is 0.742. The number of carbonyl (C=O) groups excluding carboxylic acids is 1. The van der Waals surface area contributed by atoms with Gasteiger partial charge in [0.25, 0.3) is 0 Å². The number of nitrogens with zero attached hydrogens (tertiary/aromatic N) is 1. The van der Waals surface area contributed by atoms with Gasteiger partial charge in [-0.3, -0.25) is 9.69 Å². The van der Waals surface area contributed by atoms with Crippen molar-refractivity contribution in [3.05, 3.63) is 53.6 Å². The van der Waals surface area contributed by atoms with Crippen molar-refractivity contribution in [3.8, 4) is 17.2 Å². The molecule has 1 unspecified atom stereocenters. The molecular formula is C23H28N2O4. The highest BCUT2D eigenvalue weighted by Gasteiger charge is 2.24. The van der Waals surface area contributed by atoms with Crippen molar-refractivity contribution < 1.29 is 19.0 Å². The first-order valence-corrected chi connectivity index (χ1v) is 10.3. The van der Waals surface area contributed by atoms with Crippen molar-refractivity contribution in [2.45, 2.75) is 31.7 Å². The second-order valence-corrected chi connectivity index (χ2v) is 7.53. The first kappa shape index (κ1) is 19.6. The molecule has 6 heteroatoms. The Balaban J connectivity index is 1.34. The molecule has 0 bridgehead atoms. The smallest absolute Gasteiger partial charge is 0.231 e. The number of fused-ring (bicyclic) bond motifs is 1. The van der Waals surface area contributed by atoms with E-state index in [9.17, 15) is 4.79 Å². The maximum Gasteiger partial charge on any atom is 0.231 e. The molecule has 2 aromatic carbocycles. The molecule has 2 aliphatic rings. The van der Waals surface area contributed by atoms with Crippen molar-refractivity contribution >= 4 is 5.91 Å². The summed E-state index contributed by atoms with van der Waals surface area (Å²) >= 11 is 0. The Hall–Kier alpha value is -2.73. The predicted molar refractivity (Wildman–Crippen MR) is 110 cm³/mol. The van der Waals surface area contributed by atoms with Crippen LogP contribution in [0, 0.1) is 0 Å². The van der Waals surface area contributed by atoms with Crippen molar-refractivity contribution in [1.82, 2.24) is 10.2 Å². The van der Waals surface area contributed by atoms with Crippen molar-refractivity contribution in [2.24, 2.45) is 0 Å². The van der Waals surface area contributed by atoms with E-state index in [1.807, 2.05) is 30.3 Å².